The molecule has 4 rings (SSSR count). The van der Waals surface area contributed by atoms with E-state index in [0.717, 1.165) is 5.52 Å². The van der Waals surface area contributed by atoms with Crippen molar-refractivity contribution in [1.29, 1.82) is 0 Å². The first-order valence-electron chi connectivity index (χ1n) is 12.0. The van der Waals surface area contributed by atoms with E-state index in [4.69, 9.17) is 9.47 Å². The highest BCUT2D eigenvalue weighted by atomic mass is 19.1. The molecule has 0 bridgehead atoms. The van der Waals surface area contributed by atoms with Gasteiger partial charge in [0.1, 0.15) is 0 Å². The number of nitrogens with one attached hydrogen (secondary N) is 2. The molecule has 0 saturated carbocycles. The summed E-state index contributed by atoms with van der Waals surface area (Å²) in [5.41, 5.74) is 3.00. The summed E-state index contributed by atoms with van der Waals surface area (Å²) in [7, 11) is 0. The van der Waals surface area contributed by atoms with Crippen molar-refractivity contribution >= 4 is 16.8 Å². The molecule has 0 aliphatic carbocycles. The molecule has 1 amide bonds. The number of carbonyl (C=O) groups excluding carboxylic acids is 1. The number of nitrogens with zero attached hydrogens (tertiary/aromatic N) is 1. The summed E-state index contributed by atoms with van der Waals surface area (Å²) in [6.07, 6.45) is 2.65. The highest BCUT2D eigenvalue weighted by molar-refractivity contribution is 5.83. The second-order valence-electron chi connectivity index (χ2n) is 9.46. The number of amides is 1. The topological polar surface area (TPSA) is 66.6 Å². The van der Waals surface area contributed by atoms with Crippen LogP contribution in [-0.2, 0) is 17.9 Å². The second-order valence-corrected chi connectivity index (χ2v) is 9.46. The van der Waals surface area contributed by atoms with Crippen LogP contribution in [-0.4, -0.2) is 42.1 Å². The summed E-state index contributed by atoms with van der Waals surface area (Å²) >= 11 is 0. The predicted molar refractivity (Wildman–Crippen MR) is 131 cm³/mol. The van der Waals surface area contributed by atoms with Crippen molar-refractivity contribution in [2.75, 3.05) is 26.3 Å². The van der Waals surface area contributed by atoms with Crippen molar-refractivity contribution in [1.82, 2.24) is 15.2 Å². The molecule has 6 nitrogen and oxygen atoms in total. The summed E-state index contributed by atoms with van der Waals surface area (Å²) in [5.74, 6) is 0.264. The number of aromatic nitrogens is 1. The number of hydrogen-bond donors (Lipinski definition) is 2. The van der Waals surface area contributed by atoms with Gasteiger partial charge in [-0.05, 0) is 41.3 Å². The van der Waals surface area contributed by atoms with Gasteiger partial charge in [-0.1, -0.05) is 32.9 Å². The van der Waals surface area contributed by atoms with Crippen LogP contribution in [0, 0.1) is 17.7 Å². The highest BCUT2D eigenvalue weighted by Gasteiger charge is 2.23. The maximum absolute atomic E-state index is 14.7. The van der Waals surface area contributed by atoms with Gasteiger partial charge in [-0.25, -0.2) is 4.39 Å². The van der Waals surface area contributed by atoms with Gasteiger partial charge in [0.05, 0.1) is 13.2 Å². The molecule has 2 heterocycles. The number of H-pyrrole nitrogens is 1. The van der Waals surface area contributed by atoms with Crippen molar-refractivity contribution in [2.24, 2.45) is 11.8 Å². The summed E-state index contributed by atoms with van der Waals surface area (Å²) < 4.78 is 25.9. The molecule has 2 N–H and O–H groups in total. The Hall–Kier alpha value is -3.06. The van der Waals surface area contributed by atoms with Gasteiger partial charge in [0.25, 0.3) is 0 Å². The number of halogens is 1. The van der Waals surface area contributed by atoms with Crippen LogP contribution in [0.15, 0.2) is 42.6 Å². The lowest BCUT2D eigenvalue weighted by molar-refractivity contribution is -0.136. The van der Waals surface area contributed by atoms with Crippen LogP contribution in [0.25, 0.3) is 10.9 Å². The zero-order valence-electron chi connectivity index (χ0n) is 20.2. The lowest BCUT2D eigenvalue weighted by atomic mass is 10.1. The Morgan fingerprint density at radius 2 is 2.00 bits per heavy atom. The zero-order valence-corrected chi connectivity index (χ0v) is 20.2. The minimum Gasteiger partial charge on any atom is -0.489 e. The predicted octanol–water partition coefficient (Wildman–Crippen LogP) is 4.88. The summed E-state index contributed by atoms with van der Waals surface area (Å²) in [6.45, 7) is 9.19. The van der Waals surface area contributed by atoms with E-state index in [-0.39, 0.29) is 17.6 Å². The van der Waals surface area contributed by atoms with Crippen LogP contribution in [0.4, 0.5) is 4.39 Å². The van der Waals surface area contributed by atoms with Crippen LogP contribution in [0.5, 0.6) is 11.5 Å². The fourth-order valence-electron chi connectivity index (χ4n) is 4.40. The first-order valence-corrected chi connectivity index (χ1v) is 12.0. The van der Waals surface area contributed by atoms with Gasteiger partial charge in [0.2, 0.25) is 5.91 Å². The maximum atomic E-state index is 14.7. The van der Waals surface area contributed by atoms with Crippen molar-refractivity contribution in [3.8, 4) is 11.5 Å². The molecule has 1 aromatic heterocycles. The molecule has 0 spiro atoms. The van der Waals surface area contributed by atoms with Crippen molar-refractivity contribution < 1.29 is 18.7 Å². The Morgan fingerprint density at radius 3 is 2.82 bits per heavy atom. The van der Waals surface area contributed by atoms with Gasteiger partial charge >= 0.3 is 0 Å². The van der Waals surface area contributed by atoms with Gasteiger partial charge in [-0.2, -0.15) is 0 Å². The standard InChI is InChI=1S/C27H34FN3O3/c1-18(2)16-31(17-20-12-23(28)26-25(13-20)33-10-5-11-34-26)27(32)19(3)14-29-15-21-6-4-7-24-22(21)8-9-30-24/h4,6-9,12-13,18-19,29-30H,5,10-11,14-17H2,1-3H3. The number of carbonyl (C=O) groups is 1. The van der Waals surface area contributed by atoms with E-state index in [0.29, 0.717) is 63.0 Å². The van der Waals surface area contributed by atoms with Gasteiger partial charge in [0, 0.05) is 55.6 Å². The van der Waals surface area contributed by atoms with Crippen LogP contribution >= 0.6 is 0 Å². The van der Waals surface area contributed by atoms with E-state index in [1.165, 1.54) is 17.0 Å². The van der Waals surface area contributed by atoms with Crippen LogP contribution < -0.4 is 14.8 Å². The van der Waals surface area contributed by atoms with Crippen molar-refractivity contribution in [2.45, 2.75) is 40.3 Å². The zero-order chi connectivity index (χ0) is 24.1. The number of aromatic amines is 1. The van der Waals surface area contributed by atoms with Crippen LogP contribution in [0.2, 0.25) is 0 Å². The largest absolute Gasteiger partial charge is 0.489 e. The number of rotatable bonds is 9. The summed E-state index contributed by atoms with van der Waals surface area (Å²) in [5, 5.41) is 4.62. The Balaban J connectivity index is 1.41. The SMILES string of the molecule is CC(C)CN(Cc1cc(F)c2c(c1)OCCCO2)C(=O)C(C)CNCc1cccc2[nH]ccc12. The second kappa shape index (κ2) is 10.9. The van der Waals surface area contributed by atoms with E-state index < -0.39 is 5.82 Å². The first-order chi connectivity index (χ1) is 16.4. The van der Waals surface area contributed by atoms with Gasteiger partial charge in [-0.15, -0.1) is 0 Å². The molecule has 0 radical (unpaired) electrons. The van der Waals surface area contributed by atoms with Gasteiger partial charge in [-0.3, -0.25) is 4.79 Å². The molecule has 1 unspecified atom stereocenters. The Bertz CT molecular complexity index is 1130. The number of fused-ring (bicyclic) bond motifs is 2. The van der Waals surface area contributed by atoms with Gasteiger partial charge < -0.3 is 24.7 Å². The van der Waals surface area contributed by atoms with E-state index in [2.05, 4.69) is 42.3 Å². The number of benzene rings is 2. The molecule has 1 atom stereocenters. The molecule has 0 saturated heterocycles. The average Bonchev–Trinajstić information content (AvgIpc) is 3.16. The summed E-state index contributed by atoms with van der Waals surface area (Å²) in [6, 6.07) is 11.5. The molecule has 2 aromatic carbocycles. The molecule has 34 heavy (non-hydrogen) atoms. The van der Waals surface area contributed by atoms with Gasteiger partial charge in [0.15, 0.2) is 17.3 Å². The third kappa shape index (κ3) is 5.70. The van der Waals surface area contributed by atoms with Crippen molar-refractivity contribution in [3.05, 3.63) is 59.5 Å². The fraction of sp³-hybridized carbons (Fsp3) is 0.444. The summed E-state index contributed by atoms with van der Waals surface area (Å²) in [4.78, 5) is 18.4. The van der Waals surface area contributed by atoms with Crippen LogP contribution in [0.1, 0.15) is 38.3 Å². The van der Waals surface area contributed by atoms with Crippen molar-refractivity contribution in [3.63, 3.8) is 0 Å². The first kappa shape index (κ1) is 24.1. The molecular formula is C27H34FN3O3. The minimum atomic E-state index is -0.444. The third-order valence-corrected chi connectivity index (χ3v) is 6.01. The minimum absolute atomic E-state index is 0.0496. The average molecular weight is 468 g/mol. The fourth-order valence-corrected chi connectivity index (χ4v) is 4.40. The van der Waals surface area contributed by atoms with E-state index in [1.54, 1.807) is 6.07 Å². The normalized spacial score (nSPS) is 14.3. The maximum Gasteiger partial charge on any atom is 0.226 e. The van der Waals surface area contributed by atoms with E-state index in [1.807, 2.05) is 24.1 Å². The third-order valence-electron chi connectivity index (χ3n) is 6.01. The molecule has 182 valence electrons. The molecule has 1 aliphatic rings. The highest BCUT2D eigenvalue weighted by Crippen LogP contribution is 2.34. The molecule has 0 fully saturated rings. The van der Waals surface area contributed by atoms with Crippen LogP contribution in [0.3, 0.4) is 0 Å². The Labute approximate surface area is 200 Å². The monoisotopic (exact) mass is 467 g/mol. The quantitative estimate of drug-likeness (QED) is 0.471. The number of hydrogen-bond acceptors (Lipinski definition) is 4. The smallest absolute Gasteiger partial charge is 0.226 e. The molecule has 1 aliphatic heterocycles. The number of ether oxygens (including phenoxy) is 2. The molecule has 3 aromatic rings. The van der Waals surface area contributed by atoms with E-state index in [9.17, 15) is 9.18 Å². The lowest BCUT2D eigenvalue weighted by Gasteiger charge is -2.28. The molecule has 7 heteroatoms. The lowest BCUT2D eigenvalue weighted by Crippen LogP contribution is -2.40. The Morgan fingerprint density at radius 1 is 1.18 bits per heavy atom. The molecular weight excluding hydrogens is 433 g/mol. The van der Waals surface area contributed by atoms with E-state index >= 15 is 0 Å². The Kier molecular flexibility index (Phi) is 7.73.